The Kier molecular flexibility index (Phi) is 7.71. The molecule has 3 nitrogen and oxygen atoms in total. The van der Waals surface area contributed by atoms with Crippen molar-refractivity contribution < 1.29 is 0 Å². The molecule has 2 rings (SSSR count). The fraction of sp³-hybridized carbons (Fsp3) is 1.00. The maximum absolute atomic E-state index is 3.40. The van der Waals surface area contributed by atoms with Gasteiger partial charge in [-0.15, -0.1) is 0 Å². The predicted octanol–water partition coefficient (Wildman–Crippen LogP) is 2.83. The number of hydrogen-bond donors (Lipinski definition) is 1. The van der Waals surface area contributed by atoms with Crippen LogP contribution in [0, 0.1) is 5.92 Å². The van der Waals surface area contributed by atoms with Crippen molar-refractivity contribution in [3.05, 3.63) is 0 Å². The van der Waals surface area contributed by atoms with E-state index in [1.54, 1.807) is 0 Å². The molecule has 1 N–H and O–H groups in total. The van der Waals surface area contributed by atoms with Gasteiger partial charge in [0, 0.05) is 31.4 Å². The van der Waals surface area contributed by atoms with Crippen LogP contribution in [0.1, 0.15) is 45.4 Å². The van der Waals surface area contributed by atoms with Crippen molar-refractivity contribution in [2.75, 3.05) is 45.5 Å². The normalized spacial score (nSPS) is 21.8. The van der Waals surface area contributed by atoms with Crippen LogP contribution < -0.4 is 5.32 Å². The fourth-order valence-corrected chi connectivity index (χ4v) is 4.02. The molecule has 1 aliphatic heterocycles. The molecule has 1 aliphatic carbocycles. The molecule has 1 saturated carbocycles. The number of rotatable bonds is 10. The lowest BCUT2D eigenvalue weighted by atomic mass is 10.1. The smallest absolute Gasteiger partial charge is 0.0104 e. The summed E-state index contributed by atoms with van der Waals surface area (Å²) in [7, 11) is 2.09. The summed E-state index contributed by atoms with van der Waals surface area (Å²) in [6.45, 7) is 8.81. The Bertz CT molecular complexity index is 250. The Morgan fingerprint density at radius 3 is 2.50 bits per heavy atom. The fourth-order valence-electron chi connectivity index (χ4n) is 3.03. The molecule has 1 heterocycles. The molecule has 0 unspecified atom stereocenters. The molecule has 0 aromatic heterocycles. The average Bonchev–Trinajstić information content (AvgIpc) is 3.28. The van der Waals surface area contributed by atoms with Crippen LogP contribution in [0.2, 0.25) is 0 Å². The standard InChI is InChI=1S/C16H33N3S/c1-3-9-18(14-15-5-6-15)10-4-13-20-19-11-7-16(17-2)8-12-19/h15-17H,3-14H2,1-2H3. The first-order valence-electron chi connectivity index (χ1n) is 8.59. The molecule has 0 atom stereocenters. The Balaban J connectivity index is 1.51. The van der Waals surface area contributed by atoms with E-state index in [1.807, 2.05) is 0 Å². The van der Waals surface area contributed by atoms with Gasteiger partial charge in [0.05, 0.1) is 0 Å². The summed E-state index contributed by atoms with van der Waals surface area (Å²) < 4.78 is 2.58. The molecule has 0 aromatic rings. The monoisotopic (exact) mass is 299 g/mol. The predicted molar refractivity (Wildman–Crippen MR) is 90.2 cm³/mol. The zero-order chi connectivity index (χ0) is 14.2. The van der Waals surface area contributed by atoms with Gasteiger partial charge in [0.25, 0.3) is 0 Å². The third-order valence-corrected chi connectivity index (χ3v) is 5.71. The molecule has 4 heteroatoms. The third kappa shape index (κ3) is 6.33. The zero-order valence-electron chi connectivity index (χ0n) is 13.4. The van der Waals surface area contributed by atoms with Crippen LogP contribution in [0.3, 0.4) is 0 Å². The first-order valence-corrected chi connectivity index (χ1v) is 9.53. The minimum Gasteiger partial charge on any atom is -0.317 e. The number of piperidine rings is 1. The lowest BCUT2D eigenvalue weighted by molar-refractivity contribution is 0.264. The highest BCUT2D eigenvalue weighted by Gasteiger charge is 2.23. The van der Waals surface area contributed by atoms with Gasteiger partial charge < -0.3 is 10.2 Å². The van der Waals surface area contributed by atoms with Gasteiger partial charge in [-0.3, -0.25) is 4.31 Å². The van der Waals surface area contributed by atoms with Gasteiger partial charge in [0.1, 0.15) is 0 Å². The van der Waals surface area contributed by atoms with E-state index < -0.39 is 0 Å². The van der Waals surface area contributed by atoms with Crippen molar-refractivity contribution in [1.82, 2.24) is 14.5 Å². The molecule has 2 aliphatic rings. The first-order chi connectivity index (χ1) is 9.81. The molecule has 0 amide bonds. The Hall–Kier alpha value is 0.230. The first kappa shape index (κ1) is 16.6. The molecule has 1 saturated heterocycles. The van der Waals surface area contributed by atoms with E-state index in [-0.39, 0.29) is 0 Å². The van der Waals surface area contributed by atoms with E-state index in [0.29, 0.717) is 0 Å². The van der Waals surface area contributed by atoms with Crippen LogP contribution in [0.4, 0.5) is 0 Å². The van der Waals surface area contributed by atoms with Crippen LogP contribution in [-0.4, -0.2) is 60.8 Å². The average molecular weight is 300 g/mol. The van der Waals surface area contributed by atoms with Gasteiger partial charge in [0.2, 0.25) is 0 Å². The molecule has 2 fully saturated rings. The maximum Gasteiger partial charge on any atom is 0.0104 e. The molecule has 20 heavy (non-hydrogen) atoms. The maximum atomic E-state index is 3.40. The second-order valence-electron chi connectivity index (χ2n) is 6.42. The second kappa shape index (κ2) is 9.29. The van der Waals surface area contributed by atoms with E-state index in [0.717, 1.165) is 12.0 Å². The largest absolute Gasteiger partial charge is 0.317 e. The van der Waals surface area contributed by atoms with Gasteiger partial charge in [-0.05, 0) is 64.6 Å². The summed E-state index contributed by atoms with van der Waals surface area (Å²) in [5, 5.41) is 3.40. The van der Waals surface area contributed by atoms with E-state index in [4.69, 9.17) is 0 Å². The van der Waals surface area contributed by atoms with E-state index >= 15 is 0 Å². The highest BCUT2D eigenvalue weighted by molar-refractivity contribution is 7.97. The highest BCUT2D eigenvalue weighted by Crippen LogP contribution is 2.29. The SMILES string of the molecule is CCCN(CCCSN1CCC(NC)CC1)CC1CC1. The molecular weight excluding hydrogens is 266 g/mol. The molecule has 0 radical (unpaired) electrons. The molecule has 0 spiro atoms. The third-order valence-electron chi connectivity index (χ3n) is 4.51. The summed E-state index contributed by atoms with van der Waals surface area (Å²) in [4.78, 5) is 2.70. The van der Waals surface area contributed by atoms with Crippen molar-refractivity contribution in [1.29, 1.82) is 0 Å². The molecular formula is C16H33N3S. The van der Waals surface area contributed by atoms with Crippen LogP contribution >= 0.6 is 11.9 Å². The van der Waals surface area contributed by atoms with Gasteiger partial charge >= 0.3 is 0 Å². The van der Waals surface area contributed by atoms with Crippen LogP contribution in [-0.2, 0) is 0 Å². The van der Waals surface area contributed by atoms with Crippen molar-refractivity contribution in [2.24, 2.45) is 5.92 Å². The summed E-state index contributed by atoms with van der Waals surface area (Å²) in [5.74, 6) is 2.34. The van der Waals surface area contributed by atoms with Crippen molar-refractivity contribution >= 4 is 11.9 Å². The summed E-state index contributed by atoms with van der Waals surface area (Å²) >= 11 is 2.08. The van der Waals surface area contributed by atoms with Gasteiger partial charge in [0.15, 0.2) is 0 Å². The topological polar surface area (TPSA) is 18.5 Å². The Labute approximate surface area is 130 Å². The van der Waals surface area contributed by atoms with Crippen molar-refractivity contribution in [2.45, 2.75) is 51.5 Å². The Morgan fingerprint density at radius 1 is 1.15 bits per heavy atom. The summed E-state index contributed by atoms with van der Waals surface area (Å²) in [6, 6.07) is 0.755. The minimum atomic E-state index is 0.755. The lowest BCUT2D eigenvalue weighted by Crippen LogP contribution is -2.38. The van der Waals surface area contributed by atoms with Crippen molar-refractivity contribution in [3.8, 4) is 0 Å². The summed E-state index contributed by atoms with van der Waals surface area (Å²) in [5.41, 5.74) is 0. The lowest BCUT2D eigenvalue weighted by Gasteiger charge is -2.31. The van der Waals surface area contributed by atoms with E-state index in [2.05, 4.69) is 40.4 Å². The van der Waals surface area contributed by atoms with Crippen LogP contribution in [0.5, 0.6) is 0 Å². The van der Waals surface area contributed by atoms with E-state index in [1.165, 1.54) is 77.0 Å². The van der Waals surface area contributed by atoms with Gasteiger partial charge in [-0.2, -0.15) is 0 Å². The van der Waals surface area contributed by atoms with Crippen LogP contribution in [0.25, 0.3) is 0 Å². The highest BCUT2D eigenvalue weighted by atomic mass is 32.2. The number of nitrogens with one attached hydrogen (secondary N) is 1. The van der Waals surface area contributed by atoms with Gasteiger partial charge in [-0.25, -0.2) is 0 Å². The second-order valence-corrected chi connectivity index (χ2v) is 7.61. The molecule has 0 aromatic carbocycles. The number of hydrogen-bond acceptors (Lipinski definition) is 4. The molecule has 118 valence electrons. The van der Waals surface area contributed by atoms with Gasteiger partial charge in [-0.1, -0.05) is 18.9 Å². The zero-order valence-corrected chi connectivity index (χ0v) is 14.3. The number of nitrogens with zero attached hydrogens (tertiary/aromatic N) is 2. The molecule has 0 bridgehead atoms. The Morgan fingerprint density at radius 2 is 1.90 bits per heavy atom. The van der Waals surface area contributed by atoms with Crippen molar-refractivity contribution in [3.63, 3.8) is 0 Å². The summed E-state index contributed by atoms with van der Waals surface area (Å²) in [6.07, 6.45) is 8.24. The minimum absolute atomic E-state index is 0.755. The quantitative estimate of drug-likeness (QED) is 0.494. The van der Waals surface area contributed by atoms with E-state index in [9.17, 15) is 0 Å². The van der Waals surface area contributed by atoms with Crippen LogP contribution in [0.15, 0.2) is 0 Å².